The maximum absolute atomic E-state index is 10.3. The van der Waals surface area contributed by atoms with Crippen LogP contribution in [0.5, 0.6) is 5.75 Å². The van der Waals surface area contributed by atoms with Gasteiger partial charge in [0.1, 0.15) is 5.75 Å². The standard InChI is InChI=1S/C14H17N3O3/c1-10(19-11-5-3-2-4-6-11)12-16-13(20-17-12)14(18)7-8-15-9-14/h2-6,10,15,18H,7-9H2,1H3. The number of ether oxygens (including phenoxy) is 1. The maximum atomic E-state index is 10.3. The molecule has 0 bridgehead atoms. The number of nitrogens with zero attached hydrogens (tertiary/aromatic N) is 2. The fraction of sp³-hybridized carbons (Fsp3) is 0.429. The maximum Gasteiger partial charge on any atom is 0.260 e. The Morgan fingerprint density at radius 1 is 1.40 bits per heavy atom. The second kappa shape index (κ2) is 5.22. The van der Waals surface area contributed by atoms with Crippen molar-refractivity contribution in [1.29, 1.82) is 0 Å². The van der Waals surface area contributed by atoms with Crippen LogP contribution in [-0.4, -0.2) is 28.3 Å². The smallest absolute Gasteiger partial charge is 0.260 e. The van der Waals surface area contributed by atoms with Crippen LogP contribution in [0, 0.1) is 0 Å². The van der Waals surface area contributed by atoms with Crippen molar-refractivity contribution in [2.45, 2.75) is 25.0 Å². The first kappa shape index (κ1) is 13.1. The molecule has 2 heterocycles. The molecule has 106 valence electrons. The number of para-hydroxylation sites is 1. The van der Waals surface area contributed by atoms with Crippen molar-refractivity contribution >= 4 is 0 Å². The molecule has 0 saturated carbocycles. The van der Waals surface area contributed by atoms with Crippen LogP contribution >= 0.6 is 0 Å². The highest BCUT2D eigenvalue weighted by atomic mass is 16.5. The summed E-state index contributed by atoms with van der Waals surface area (Å²) in [6.45, 7) is 3.02. The van der Waals surface area contributed by atoms with E-state index in [1.54, 1.807) is 0 Å². The Labute approximate surface area is 116 Å². The lowest BCUT2D eigenvalue weighted by atomic mass is 10.0. The van der Waals surface area contributed by atoms with E-state index in [1.807, 2.05) is 37.3 Å². The molecule has 1 aromatic heterocycles. The minimum atomic E-state index is -1.06. The first-order valence-electron chi connectivity index (χ1n) is 6.66. The number of β-amino-alcohol motifs (C(OH)–C–C–N with tert-alkyl or cyclic N) is 1. The van der Waals surface area contributed by atoms with Crippen molar-refractivity contribution in [2.75, 3.05) is 13.1 Å². The van der Waals surface area contributed by atoms with Gasteiger partial charge in [0.2, 0.25) is 5.82 Å². The topological polar surface area (TPSA) is 80.4 Å². The quantitative estimate of drug-likeness (QED) is 0.877. The molecule has 6 heteroatoms. The van der Waals surface area contributed by atoms with Gasteiger partial charge in [-0.1, -0.05) is 23.4 Å². The average Bonchev–Trinajstić information content (AvgIpc) is 3.09. The van der Waals surface area contributed by atoms with Gasteiger partial charge in [-0.25, -0.2) is 0 Å². The van der Waals surface area contributed by atoms with Gasteiger partial charge in [-0.2, -0.15) is 4.98 Å². The highest BCUT2D eigenvalue weighted by molar-refractivity contribution is 5.21. The van der Waals surface area contributed by atoms with Gasteiger partial charge in [-0.05, 0) is 32.0 Å². The molecular weight excluding hydrogens is 258 g/mol. The minimum absolute atomic E-state index is 0.251. The molecule has 2 unspecified atom stereocenters. The molecule has 20 heavy (non-hydrogen) atoms. The molecule has 2 N–H and O–H groups in total. The first-order chi connectivity index (χ1) is 9.67. The Bertz CT molecular complexity index is 564. The van der Waals surface area contributed by atoms with Gasteiger partial charge in [0, 0.05) is 6.54 Å². The van der Waals surface area contributed by atoms with Gasteiger partial charge >= 0.3 is 0 Å². The van der Waals surface area contributed by atoms with Crippen LogP contribution in [0.15, 0.2) is 34.9 Å². The zero-order valence-corrected chi connectivity index (χ0v) is 11.2. The van der Waals surface area contributed by atoms with Crippen molar-refractivity contribution in [3.63, 3.8) is 0 Å². The summed E-state index contributed by atoms with van der Waals surface area (Å²) in [5.74, 6) is 1.43. The lowest BCUT2D eigenvalue weighted by Crippen LogP contribution is -2.28. The average molecular weight is 275 g/mol. The Kier molecular flexibility index (Phi) is 3.42. The third kappa shape index (κ3) is 2.52. The van der Waals surface area contributed by atoms with E-state index in [-0.39, 0.29) is 12.0 Å². The van der Waals surface area contributed by atoms with Crippen molar-refractivity contribution in [1.82, 2.24) is 15.5 Å². The van der Waals surface area contributed by atoms with Crippen LogP contribution < -0.4 is 10.1 Å². The van der Waals surface area contributed by atoms with Crippen LogP contribution in [-0.2, 0) is 5.60 Å². The van der Waals surface area contributed by atoms with Crippen LogP contribution in [0.25, 0.3) is 0 Å². The molecule has 6 nitrogen and oxygen atoms in total. The Morgan fingerprint density at radius 3 is 2.90 bits per heavy atom. The largest absolute Gasteiger partial charge is 0.483 e. The third-order valence-electron chi connectivity index (χ3n) is 3.39. The van der Waals surface area contributed by atoms with E-state index in [4.69, 9.17) is 9.26 Å². The van der Waals surface area contributed by atoms with Gasteiger partial charge in [0.25, 0.3) is 5.89 Å². The molecule has 1 aliphatic rings. The normalized spacial score (nSPS) is 23.7. The zero-order chi connectivity index (χ0) is 14.0. The van der Waals surface area contributed by atoms with Crippen molar-refractivity contribution < 1.29 is 14.4 Å². The monoisotopic (exact) mass is 275 g/mol. The SMILES string of the molecule is CC(Oc1ccccc1)c1noc(C2(O)CCNC2)n1. The van der Waals surface area contributed by atoms with Crippen molar-refractivity contribution in [2.24, 2.45) is 0 Å². The lowest BCUT2D eigenvalue weighted by molar-refractivity contribution is 0.0242. The summed E-state index contributed by atoms with van der Waals surface area (Å²) in [6.07, 6.45) is 0.232. The highest BCUT2D eigenvalue weighted by Crippen LogP contribution is 2.27. The van der Waals surface area contributed by atoms with Crippen LogP contribution in [0.4, 0.5) is 0 Å². The molecule has 1 aromatic carbocycles. The summed E-state index contributed by atoms with van der Waals surface area (Å²) in [5.41, 5.74) is -1.06. The van der Waals surface area contributed by atoms with Gasteiger partial charge in [0.15, 0.2) is 11.7 Å². The highest BCUT2D eigenvalue weighted by Gasteiger charge is 2.39. The van der Waals surface area contributed by atoms with Crippen LogP contribution in [0.3, 0.4) is 0 Å². The molecule has 2 aromatic rings. The molecule has 0 radical (unpaired) electrons. The molecular formula is C14H17N3O3. The molecule has 0 aliphatic carbocycles. The molecule has 2 atom stereocenters. The summed E-state index contributed by atoms with van der Waals surface area (Å²) in [6, 6.07) is 9.46. The lowest BCUT2D eigenvalue weighted by Gasteiger charge is -2.15. The predicted molar refractivity (Wildman–Crippen MR) is 71.2 cm³/mol. The van der Waals surface area contributed by atoms with E-state index in [9.17, 15) is 5.11 Å². The number of aliphatic hydroxyl groups is 1. The molecule has 0 spiro atoms. The van der Waals surface area contributed by atoms with E-state index in [0.717, 1.165) is 12.3 Å². The van der Waals surface area contributed by atoms with Crippen LogP contribution in [0.2, 0.25) is 0 Å². The van der Waals surface area contributed by atoms with Gasteiger partial charge in [-0.3, -0.25) is 0 Å². The van der Waals surface area contributed by atoms with E-state index in [2.05, 4.69) is 15.5 Å². The fourth-order valence-corrected chi connectivity index (χ4v) is 2.21. The van der Waals surface area contributed by atoms with Crippen LogP contribution in [0.1, 0.15) is 31.2 Å². The number of hydrogen-bond acceptors (Lipinski definition) is 6. The van der Waals surface area contributed by atoms with Gasteiger partial charge in [0.05, 0.1) is 0 Å². The predicted octanol–water partition coefficient (Wildman–Crippen LogP) is 1.39. The molecule has 0 amide bonds. The first-order valence-corrected chi connectivity index (χ1v) is 6.66. The van der Waals surface area contributed by atoms with Crippen molar-refractivity contribution in [3.05, 3.63) is 42.0 Å². The Balaban J connectivity index is 1.73. The summed E-state index contributed by atoms with van der Waals surface area (Å²) < 4.78 is 10.9. The second-order valence-corrected chi connectivity index (χ2v) is 4.99. The van der Waals surface area contributed by atoms with E-state index >= 15 is 0 Å². The van der Waals surface area contributed by atoms with Crippen molar-refractivity contribution in [3.8, 4) is 5.75 Å². The summed E-state index contributed by atoms with van der Waals surface area (Å²) in [4.78, 5) is 4.27. The number of hydrogen-bond donors (Lipinski definition) is 2. The van der Waals surface area contributed by atoms with Gasteiger partial charge in [-0.15, -0.1) is 0 Å². The molecule has 1 fully saturated rings. The second-order valence-electron chi connectivity index (χ2n) is 4.99. The fourth-order valence-electron chi connectivity index (χ4n) is 2.21. The Hall–Kier alpha value is -1.92. The van der Waals surface area contributed by atoms with E-state index in [1.165, 1.54) is 0 Å². The van der Waals surface area contributed by atoms with E-state index in [0.29, 0.717) is 18.8 Å². The summed E-state index contributed by atoms with van der Waals surface area (Å²) in [7, 11) is 0. The number of aromatic nitrogens is 2. The minimum Gasteiger partial charge on any atom is -0.483 e. The Morgan fingerprint density at radius 2 is 2.20 bits per heavy atom. The third-order valence-corrected chi connectivity index (χ3v) is 3.39. The molecule has 1 aliphatic heterocycles. The molecule has 1 saturated heterocycles. The summed E-state index contributed by atoms with van der Waals surface area (Å²) in [5, 5.41) is 17.3. The number of rotatable bonds is 4. The molecule has 3 rings (SSSR count). The van der Waals surface area contributed by atoms with E-state index < -0.39 is 5.60 Å². The summed E-state index contributed by atoms with van der Waals surface area (Å²) >= 11 is 0. The van der Waals surface area contributed by atoms with Gasteiger partial charge < -0.3 is 19.7 Å². The number of benzene rings is 1. The zero-order valence-electron chi connectivity index (χ0n) is 11.2. The number of nitrogens with one attached hydrogen (secondary N) is 1.